The molecule has 112 valence electrons. The Bertz CT molecular complexity index is 785. The third-order valence-corrected chi connectivity index (χ3v) is 3.71. The minimum Gasteiger partial charge on any atom is -0.290 e. The molecule has 0 spiro atoms. The van der Waals surface area contributed by atoms with Crippen LogP contribution in [0.5, 0.6) is 0 Å². The Balaban J connectivity index is 1.89. The predicted octanol–water partition coefficient (Wildman–Crippen LogP) is 3.57. The van der Waals surface area contributed by atoms with E-state index in [4.69, 9.17) is 0 Å². The number of benzene rings is 1. The highest BCUT2D eigenvalue weighted by molar-refractivity contribution is 5.57. The lowest BCUT2D eigenvalue weighted by Gasteiger charge is -2.04. The molecular weight excluding hydrogens is 274 g/mol. The molecule has 0 aliphatic carbocycles. The monoisotopic (exact) mass is 293 g/mol. The van der Waals surface area contributed by atoms with Gasteiger partial charge >= 0.3 is 0 Å². The van der Waals surface area contributed by atoms with Crippen LogP contribution in [0.15, 0.2) is 59.7 Å². The summed E-state index contributed by atoms with van der Waals surface area (Å²) in [6.07, 6.45) is 6.91. The molecule has 1 N–H and O–H groups in total. The quantitative estimate of drug-likeness (QED) is 0.782. The average molecular weight is 293 g/mol. The Hall–Kier alpha value is -2.62. The summed E-state index contributed by atoms with van der Waals surface area (Å²) >= 11 is 0. The van der Waals surface area contributed by atoms with Crippen LogP contribution in [-0.4, -0.2) is 14.8 Å². The molecule has 0 saturated heterocycles. The highest BCUT2D eigenvalue weighted by Crippen LogP contribution is 2.15. The van der Waals surface area contributed by atoms with Crippen molar-refractivity contribution in [2.45, 2.75) is 26.2 Å². The molecule has 0 aliphatic rings. The van der Waals surface area contributed by atoms with Gasteiger partial charge in [-0.2, -0.15) is 0 Å². The lowest BCUT2D eigenvalue weighted by atomic mass is 10.1. The van der Waals surface area contributed by atoms with Crippen molar-refractivity contribution in [1.82, 2.24) is 14.8 Å². The van der Waals surface area contributed by atoms with Crippen LogP contribution >= 0.6 is 0 Å². The van der Waals surface area contributed by atoms with Gasteiger partial charge in [0.2, 0.25) is 0 Å². The van der Waals surface area contributed by atoms with Gasteiger partial charge < -0.3 is 0 Å². The lowest BCUT2D eigenvalue weighted by Crippen LogP contribution is -2.13. The van der Waals surface area contributed by atoms with Gasteiger partial charge in [0.25, 0.3) is 5.56 Å². The lowest BCUT2D eigenvalue weighted by molar-refractivity contribution is 0.793. The highest BCUT2D eigenvalue weighted by atomic mass is 16.1. The molecule has 22 heavy (non-hydrogen) atoms. The third kappa shape index (κ3) is 3.01. The van der Waals surface area contributed by atoms with Crippen molar-refractivity contribution in [3.63, 3.8) is 0 Å². The largest absolute Gasteiger partial charge is 0.290 e. The van der Waals surface area contributed by atoms with Gasteiger partial charge in [-0.25, -0.2) is 4.68 Å². The minimum atomic E-state index is -0.0693. The average Bonchev–Trinajstić information content (AvgIpc) is 2.96. The number of hydrogen-bond donors (Lipinski definition) is 1. The van der Waals surface area contributed by atoms with Crippen molar-refractivity contribution >= 4 is 0 Å². The molecule has 0 saturated carbocycles. The van der Waals surface area contributed by atoms with E-state index in [2.05, 4.69) is 29.1 Å². The van der Waals surface area contributed by atoms with E-state index in [9.17, 15) is 4.79 Å². The number of pyridine rings is 1. The normalized spacial score (nSPS) is 10.8. The molecule has 3 rings (SSSR count). The maximum atomic E-state index is 12.2. The molecular formula is C18H19N3O. The van der Waals surface area contributed by atoms with Crippen LogP contribution < -0.4 is 5.56 Å². The maximum Gasteiger partial charge on any atom is 0.271 e. The highest BCUT2D eigenvalue weighted by Gasteiger charge is 2.07. The second kappa shape index (κ2) is 6.43. The van der Waals surface area contributed by atoms with Crippen molar-refractivity contribution in [2.24, 2.45) is 0 Å². The first kappa shape index (κ1) is 14.3. The first-order chi connectivity index (χ1) is 10.8. The van der Waals surface area contributed by atoms with Crippen LogP contribution in [-0.2, 0) is 6.42 Å². The molecule has 0 radical (unpaired) electrons. The molecule has 2 aromatic heterocycles. The summed E-state index contributed by atoms with van der Waals surface area (Å²) in [7, 11) is 0. The van der Waals surface area contributed by atoms with E-state index in [0.29, 0.717) is 0 Å². The summed E-state index contributed by atoms with van der Waals surface area (Å²) < 4.78 is 1.56. The van der Waals surface area contributed by atoms with E-state index in [-0.39, 0.29) is 5.56 Å². The van der Waals surface area contributed by atoms with Crippen LogP contribution in [0.3, 0.4) is 0 Å². The zero-order valence-corrected chi connectivity index (χ0v) is 12.6. The Morgan fingerprint density at radius 1 is 1.18 bits per heavy atom. The number of H-pyrrole nitrogens is 1. The third-order valence-electron chi connectivity index (χ3n) is 3.71. The SMILES string of the molecule is CCCCc1ccc(-n2[nH]c(-c3cccnc3)cc2=O)cc1. The number of nitrogens with one attached hydrogen (secondary N) is 1. The molecule has 0 amide bonds. The van der Waals surface area contributed by atoms with Crippen molar-refractivity contribution in [2.75, 3.05) is 0 Å². The smallest absolute Gasteiger partial charge is 0.271 e. The van der Waals surface area contributed by atoms with Crippen molar-refractivity contribution in [3.05, 3.63) is 70.8 Å². The summed E-state index contributed by atoms with van der Waals surface area (Å²) in [5.74, 6) is 0. The Kier molecular flexibility index (Phi) is 4.19. The van der Waals surface area contributed by atoms with E-state index in [1.165, 1.54) is 18.4 Å². The summed E-state index contributed by atoms with van der Waals surface area (Å²) in [4.78, 5) is 16.3. The van der Waals surface area contributed by atoms with Crippen molar-refractivity contribution in [3.8, 4) is 16.9 Å². The summed E-state index contributed by atoms with van der Waals surface area (Å²) in [5, 5.41) is 3.14. The number of unbranched alkanes of at least 4 members (excludes halogenated alkanes) is 1. The fourth-order valence-electron chi connectivity index (χ4n) is 2.45. The first-order valence-electron chi connectivity index (χ1n) is 7.59. The Morgan fingerprint density at radius 3 is 2.68 bits per heavy atom. The van der Waals surface area contributed by atoms with Crippen molar-refractivity contribution in [1.29, 1.82) is 0 Å². The van der Waals surface area contributed by atoms with E-state index < -0.39 is 0 Å². The Labute approximate surface area is 129 Å². The van der Waals surface area contributed by atoms with Gasteiger partial charge in [0.05, 0.1) is 11.4 Å². The minimum absolute atomic E-state index is 0.0693. The summed E-state index contributed by atoms with van der Waals surface area (Å²) in [6, 6.07) is 13.5. The zero-order chi connectivity index (χ0) is 15.4. The summed E-state index contributed by atoms with van der Waals surface area (Å²) in [6.45, 7) is 2.19. The number of aromatic nitrogens is 3. The maximum absolute atomic E-state index is 12.2. The van der Waals surface area contributed by atoms with Crippen LogP contribution in [0.1, 0.15) is 25.3 Å². The van der Waals surface area contributed by atoms with Crippen LogP contribution in [0.2, 0.25) is 0 Å². The zero-order valence-electron chi connectivity index (χ0n) is 12.6. The summed E-state index contributed by atoms with van der Waals surface area (Å²) in [5.41, 5.74) is 3.75. The molecule has 3 aromatic rings. The fourth-order valence-corrected chi connectivity index (χ4v) is 2.45. The van der Waals surface area contributed by atoms with Crippen LogP contribution in [0, 0.1) is 0 Å². The molecule has 4 nitrogen and oxygen atoms in total. The first-order valence-corrected chi connectivity index (χ1v) is 7.59. The number of hydrogen-bond acceptors (Lipinski definition) is 2. The standard InChI is InChI=1S/C18H19N3O/c1-2-3-5-14-7-9-16(10-8-14)21-18(22)12-17(20-21)15-6-4-11-19-13-15/h4,6-13,20H,2-3,5H2,1H3. The molecule has 0 unspecified atom stereocenters. The van der Waals surface area contributed by atoms with Gasteiger partial charge in [0.1, 0.15) is 0 Å². The second-order valence-electron chi connectivity index (χ2n) is 5.36. The topological polar surface area (TPSA) is 50.7 Å². The Morgan fingerprint density at radius 2 is 2.00 bits per heavy atom. The van der Waals surface area contributed by atoms with E-state index in [1.54, 1.807) is 23.1 Å². The number of aryl methyl sites for hydroxylation is 1. The van der Waals surface area contributed by atoms with Gasteiger partial charge in [-0.05, 0) is 42.7 Å². The van der Waals surface area contributed by atoms with Gasteiger partial charge in [0.15, 0.2) is 0 Å². The van der Waals surface area contributed by atoms with Gasteiger partial charge in [-0.1, -0.05) is 25.5 Å². The number of nitrogens with zero attached hydrogens (tertiary/aromatic N) is 2. The van der Waals surface area contributed by atoms with E-state index >= 15 is 0 Å². The van der Waals surface area contributed by atoms with Crippen molar-refractivity contribution < 1.29 is 0 Å². The number of aromatic amines is 1. The van der Waals surface area contributed by atoms with E-state index in [1.807, 2.05) is 24.3 Å². The number of rotatable bonds is 5. The van der Waals surface area contributed by atoms with Gasteiger partial charge in [-0.3, -0.25) is 14.9 Å². The molecule has 0 atom stereocenters. The molecule has 0 fully saturated rings. The molecule has 4 heteroatoms. The predicted molar refractivity (Wildman–Crippen MR) is 88.2 cm³/mol. The van der Waals surface area contributed by atoms with E-state index in [0.717, 1.165) is 23.4 Å². The molecule has 0 bridgehead atoms. The van der Waals surface area contributed by atoms with Gasteiger partial charge in [-0.15, -0.1) is 0 Å². The van der Waals surface area contributed by atoms with Crippen LogP contribution in [0.4, 0.5) is 0 Å². The fraction of sp³-hybridized carbons (Fsp3) is 0.222. The molecule has 1 aromatic carbocycles. The molecule has 0 aliphatic heterocycles. The van der Waals surface area contributed by atoms with Crippen LogP contribution in [0.25, 0.3) is 16.9 Å². The molecule has 2 heterocycles. The van der Waals surface area contributed by atoms with Gasteiger partial charge in [0, 0.05) is 24.0 Å². The second-order valence-corrected chi connectivity index (χ2v) is 5.36.